The van der Waals surface area contributed by atoms with Crippen LogP contribution in [0.1, 0.15) is 38.2 Å². The van der Waals surface area contributed by atoms with Crippen molar-refractivity contribution in [3.63, 3.8) is 0 Å². The van der Waals surface area contributed by atoms with Crippen molar-refractivity contribution in [2.45, 2.75) is 45.6 Å². The molecule has 2 rings (SSSR count). The predicted molar refractivity (Wildman–Crippen MR) is 81.6 cm³/mol. The Morgan fingerprint density at radius 3 is 2.75 bits per heavy atom. The average Bonchev–Trinajstić information content (AvgIpc) is 2.43. The van der Waals surface area contributed by atoms with E-state index in [9.17, 15) is 4.79 Å². The third-order valence-electron chi connectivity index (χ3n) is 4.06. The second-order valence-electron chi connectivity index (χ2n) is 5.76. The number of benzene rings is 1. The fourth-order valence-electron chi connectivity index (χ4n) is 2.56. The monoisotopic (exact) mass is 276 g/mol. The van der Waals surface area contributed by atoms with Crippen LogP contribution in [-0.4, -0.2) is 18.6 Å². The van der Waals surface area contributed by atoms with Crippen molar-refractivity contribution in [1.29, 1.82) is 0 Å². The van der Waals surface area contributed by atoms with E-state index in [1.54, 1.807) is 0 Å². The summed E-state index contributed by atoms with van der Waals surface area (Å²) >= 11 is 0. The maximum Gasteiger partial charge on any atom is 0.250 e. The lowest BCUT2D eigenvalue weighted by atomic mass is 9.89. The molecule has 0 radical (unpaired) electrons. The summed E-state index contributed by atoms with van der Waals surface area (Å²) in [6.07, 6.45) is 4.75. The Balaban J connectivity index is 1.79. The first-order chi connectivity index (χ1) is 9.56. The minimum absolute atomic E-state index is 0.114. The largest absolute Gasteiger partial charge is 0.398 e. The number of rotatable bonds is 4. The van der Waals surface area contributed by atoms with E-state index in [1.807, 2.05) is 25.1 Å². The van der Waals surface area contributed by atoms with E-state index in [4.69, 9.17) is 10.5 Å². The zero-order chi connectivity index (χ0) is 14.5. The van der Waals surface area contributed by atoms with Gasteiger partial charge in [0.05, 0.1) is 6.10 Å². The van der Waals surface area contributed by atoms with E-state index in [0.29, 0.717) is 5.69 Å². The molecule has 20 heavy (non-hydrogen) atoms. The fraction of sp³-hybridized carbons (Fsp3) is 0.562. The van der Waals surface area contributed by atoms with Gasteiger partial charge in [-0.05, 0) is 56.2 Å². The van der Waals surface area contributed by atoms with Crippen LogP contribution < -0.4 is 11.1 Å². The minimum Gasteiger partial charge on any atom is -0.398 e. The van der Waals surface area contributed by atoms with E-state index in [-0.39, 0.29) is 18.6 Å². The highest BCUT2D eigenvalue weighted by Gasteiger charge is 2.19. The maximum absolute atomic E-state index is 11.9. The van der Waals surface area contributed by atoms with Crippen LogP contribution >= 0.6 is 0 Å². The molecule has 0 aliphatic heterocycles. The second kappa shape index (κ2) is 6.75. The highest BCUT2D eigenvalue weighted by molar-refractivity contribution is 5.93. The molecule has 0 unspecified atom stereocenters. The summed E-state index contributed by atoms with van der Waals surface area (Å²) < 4.78 is 5.69. The number of nitrogen functional groups attached to an aromatic ring is 1. The highest BCUT2D eigenvalue weighted by Crippen LogP contribution is 2.25. The number of ether oxygens (including phenoxy) is 1. The molecular weight excluding hydrogens is 252 g/mol. The van der Waals surface area contributed by atoms with Crippen molar-refractivity contribution in [2.24, 2.45) is 5.92 Å². The first-order valence-electron chi connectivity index (χ1n) is 7.33. The molecule has 4 nitrogen and oxygen atoms in total. The van der Waals surface area contributed by atoms with E-state index in [1.165, 1.54) is 12.8 Å². The number of nitrogens with one attached hydrogen (secondary N) is 1. The molecule has 0 spiro atoms. The molecule has 1 amide bonds. The zero-order valence-electron chi connectivity index (χ0n) is 12.3. The second-order valence-corrected chi connectivity index (χ2v) is 5.76. The molecule has 1 saturated carbocycles. The van der Waals surface area contributed by atoms with Crippen LogP contribution in [0.25, 0.3) is 0 Å². The Bertz CT molecular complexity index is 466. The van der Waals surface area contributed by atoms with Gasteiger partial charge in [0.1, 0.15) is 6.61 Å². The molecule has 1 aromatic carbocycles. The summed E-state index contributed by atoms with van der Waals surface area (Å²) in [5.74, 6) is 0.677. The van der Waals surface area contributed by atoms with Gasteiger partial charge in [-0.3, -0.25) is 4.79 Å². The molecule has 0 atom stereocenters. The lowest BCUT2D eigenvalue weighted by molar-refractivity contribution is -0.123. The number of carbonyl (C=O) groups excluding carboxylic acids is 1. The summed E-state index contributed by atoms with van der Waals surface area (Å²) in [7, 11) is 0. The normalized spacial score (nSPS) is 22.5. The van der Waals surface area contributed by atoms with Gasteiger partial charge in [0.25, 0.3) is 0 Å². The van der Waals surface area contributed by atoms with Gasteiger partial charge in [-0.25, -0.2) is 0 Å². The molecule has 1 aromatic rings. The Morgan fingerprint density at radius 1 is 1.35 bits per heavy atom. The van der Waals surface area contributed by atoms with Gasteiger partial charge >= 0.3 is 0 Å². The summed E-state index contributed by atoms with van der Waals surface area (Å²) in [5.41, 5.74) is 8.16. The lowest BCUT2D eigenvalue weighted by Gasteiger charge is -2.26. The van der Waals surface area contributed by atoms with Crippen LogP contribution in [0, 0.1) is 12.8 Å². The third-order valence-corrected chi connectivity index (χ3v) is 4.06. The van der Waals surface area contributed by atoms with Gasteiger partial charge in [-0.15, -0.1) is 0 Å². The number of hydrogen-bond acceptors (Lipinski definition) is 3. The van der Waals surface area contributed by atoms with Crippen molar-refractivity contribution >= 4 is 17.3 Å². The fourth-order valence-corrected chi connectivity index (χ4v) is 2.56. The average molecular weight is 276 g/mol. The van der Waals surface area contributed by atoms with Gasteiger partial charge < -0.3 is 15.8 Å². The smallest absolute Gasteiger partial charge is 0.250 e. The molecule has 1 aliphatic carbocycles. The molecule has 4 heteroatoms. The third kappa shape index (κ3) is 3.97. The number of nitrogens with two attached hydrogens (primary N) is 1. The topological polar surface area (TPSA) is 64.3 Å². The molecule has 110 valence electrons. The Kier molecular flexibility index (Phi) is 5.01. The lowest BCUT2D eigenvalue weighted by Crippen LogP contribution is -2.26. The molecule has 0 bridgehead atoms. The Hall–Kier alpha value is -1.55. The Morgan fingerprint density at radius 2 is 2.05 bits per heavy atom. The van der Waals surface area contributed by atoms with Crippen LogP contribution in [0.5, 0.6) is 0 Å². The highest BCUT2D eigenvalue weighted by atomic mass is 16.5. The van der Waals surface area contributed by atoms with Crippen LogP contribution in [-0.2, 0) is 9.53 Å². The van der Waals surface area contributed by atoms with E-state index >= 15 is 0 Å². The van der Waals surface area contributed by atoms with E-state index in [2.05, 4.69) is 12.2 Å². The van der Waals surface area contributed by atoms with Crippen LogP contribution in [0.15, 0.2) is 18.2 Å². The van der Waals surface area contributed by atoms with Crippen molar-refractivity contribution in [1.82, 2.24) is 0 Å². The van der Waals surface area contributed by atoms with Crippen LogP contribution in [0.4, 0.5) is 11.4 Å². The van der Waals surface area contributed by atoms with E-state index in [0.717, 1.165) is 30.0 Å². The molecule has 1 aliphatic rings. The minimum atomic E-state index is -0.114. The zero-order valence-corrected chi connectivity index (χ0v) is 12.3. The van der Waals surface area contributed by atoms with Crippen molar-refractivity contribution in [2.75, 3.05) is 17.7 Å². The van der Waals surface area contributed by atoms with Gasteiger partial charge in [0.15, 0.2) is 0 Å². The summed E-state index contributed by atoms with van der Waals surface area (Å²) in [6, 6.07) is 5.51. The van der Waals surface area contributed by atoms with Gasteiger partial charge in [-0.2, -0.15) is 0 Å². The first-order valence-corrected chi connectivity index (χ1v) is 7.33. The van der Waals surface area contributed by atoms with Crippen molar-refractivity contribution in [3.05, 3.63) is 23.8 Å². The van der Waals surface area contributed by atoms with Gasteiger partial charge in [0.2, 0.25) is 5.91 Å². The van der Waals surface area contributed by atoms with Gasteiger partial charge in [0, 0.05) is 11.4 Å². The van der Waals surface area contributed by atoms with Crippen LogP contribution in [0.2, 0.25) is 0 Å². The summed E-state index contributed by atoms with van der Waals surface area (Å²) in [5, 5.41) is 2.86. The molecule has 0 saturated heterocycles. The molecular formula is C16H24N2O2. The Labute approximate surface area is 120 Å². The van der Waals surface area contributed by atoms with Crippen molar-refractivity contribution < 1.29 is 9.53 Å². The van der Waals surface area contributed by atoms with Gasteiger partial charge in [-0.1, -0.05) is 13.0 Å². The molecule has 3 N–H and O–H groups in total. The first kappa shape index (κ1) is 14.9. The predicted octanol–water partition coefficient (Wildman–Crippen LogP) is 3.11. The standard InChI is InChI=1S/C16H24N2O2/c1-11-6-8-13(9-7-11)20-10-16(19)18-15-5-3-4-14(17)12(15)2/h3-5,11,13H,6-10,17H2,1-2H3,(H,18,19). The molecule has 0 heterocycles. The SMILES string of the molecule is Cc1c(N)cccc1NC(=O)COC1CCC(C)CC1. The summed E-state index contributed by atoms with van der Waals surface area (Å²) in [4.78, 5) is 11.9. The molecule has 1 fully saturated rings. The quantitative estimate of drug-likeness (QED) is 0.830. The number of carbonyl (C=O) groups is 1. The molecule has 0 aromatic heterocycles. The van der Waals surface area contributed by atoms with E-state index < -0.39 is 0 Å². The number of hydrogen-bond donors (Lipinski definition) is 2. The summed E-state index contributed by atoms with van der Waals surface area (Å²) in [6.45, 7) is 4.28. The van der Waals surface area contributed by atoms with Crippen LogP contribution in [0.3, 0.4) is 0 Å². The maximum atomic E-state index is 11.9. The number of anilines is 2. The van der Waals surface area contributed by atoms with Crippen molar-refractivity contribution in [3.8, 4) is 0 Å². The number of amides is 1.